The molecule has 0 spiro atoms. The van der Waals surface area contributed by atoms with Crippen LogP contribution in [0.1, 0.15) is 47.1 Å². The van der Waals surface area contributed by atoms with Gasteiger partial charge < -0.3 is 15.0 Å². The van der Waals surface area contributed by atoms with Gasteiger partial charge in [-0.3, -0.25) is 18.7 Å². The molecule has 0 bridgehead atoms. The van der Waals surface area contributed by atoms with Gasteiger partial charge in [0.25, 0.3) is 21.8 Å². The third kappa shape index (κ3) is 8.13. The van der Waals surface area contributed by atoms with Crippen molar-refractivity contribution in [3.05, 3.63) is 106 Å². The Morgan fingerprint density at radius 1 is 0.844 bits per heavy atom. The highest BCUT2D eigenvalue weighted by molar-refractivity contribution is 7.93. The molecule has 4 aromatic rings. The van der Waals surface area contributed by atoms with Gasteiger partial charge in [0.2, 0.25) is 0 Å². The van der Waals surface area contributed by atoms with Gasteiger partial charge in [-0.15, -0.1) is 0 Å². The van der Waals surface area contributed by atoms with Gasteiger partial charge in [-0.25, -0.2) is 8.42 Å². The first-order valence-electron chi connectivity index (χ1n) is 13.9. The van der Waals surface area contributed by atoms with Crippen LogP contribution in [-0.4, -0.2) is 57.3 Å². The van der Waals surface area contributed by atoms with Crippen molar-refractivity contribution in [2.45, 2.75) is 37.8 Å². The summed E-state index contributed by atoms with van der Waals surface area (Å²) in [5.74, 6) is -1.30. The van der Waals surface area contributed by atoms with E-state index in [1.807, 2.05) is 0 Å². The molecular weight excluding hydrogens is 637 g/mol. The molecule has 4 aromatic carbocycles. The lowest BCUT2D eigenvalue weighted by molar-refractivity contribution is -0.152. The molecule has 0 saturated heterocycles. The van der Waals surface area contributed by atoms with Gasteiger partial charge in [0.15, 0.2) is 0 Å². The molecule has 45 heavy (non-hydrogen) atoms. The molecule has 0 atom stereocenters. The normalized spacial score (nSPS) is 11.6. The molecule has 0 aliphatic heterocycles. The smallest absolute Gasteiger partial charge is 0.327 e. The summed E-state index contributed by atoms with van der Waals surface area (Å²) in [7, 11) is -1.06. The summed E-state index contributed by atoms with van der Waals surface area (Å²) < 4.78 is 34.5. The third-order valence-electron chi connectivity index (χ3n) is 6.59. The molecule has 2 amide bonds. The zero-order valence-electron chi connectivity index (χ0n) is 25.4. The standard InChI is InChI=1S/C33H33Cl2N3O6S/c1-33(2,3)44-30(39)20-38(45(42,43)25-17-23(34)16-24(35)18-25)29-11-7-8-26-27(29)9-6-10-28(26)31(40)36-19-21-12-14-22(15-13-21)32(41)37(4)5/h6-18H,19-20H2,1-5H3,(H,36,40). The number of halogens is 2. The molecule has 0 radical (unpaired) electrons. The molecule has 4 rings (SSSR count). The molecular formula is C33H33Cl2N3O6S. The summed E-state index contributed by atoms with van der Waals surface area (Å²) in [5.41, 5.74) is 0.911. The van der Waals surface area contributed by atoms with Crippen molar-refractivity contribution < 1.29 is 27.5 Å². The van der Waals surface area contributed by atoms with Crippen molar-refractivity contribution in [3.8, 4) is 0 Å². The van der Waals surface area contributed by atoms with E-state index in [1.54, 1.807) is 95.5 Å². The largest absolute Gasteiger partial charge is 0.459 e. The van der Waals surface area contributed by atoms with Crippen molar-refractivity contribution in [1.29, 1.82) is 0 Å². The predicted molar refractivity (Wildman–Crippen MR) is 176 cm³/mol. The number of anilines is 1. The van der Waals surface area contributed by atoms with Crippen LogP contribution in [0.5, 0.6) is 0 Å². The fourth-order valence-corrected chi connectivity index (χ4v) is 6.76. The second-order valence-electron chi connectivity index (χ2n) is 11.5. The first-order valence-corrected chi connectivity index (χ1v) is 16.1. The van der Waals surface area contributed by atoms with Crippen LogP contribution in [0.4, 0.5) is 5.69 Å². The monoisotopic (exact) mass is 669 g/mol. The van der Waals surface area contributed by atoms with Crippen LogP contribution in [0.15, 0.2) is 83.8 Å². The Morgan fingerprint density at radius 2 is 1.44 bits per heavy atom. The van der Waals surface area contributed by atoms with E-state index in [0.29, 0.717) is 21.9 Å². The van der Waals surface area contributed by atoms with Crippen molar-refractivity contribution in [3.63, 3.8) is 0 Å². The Bertz CT molecular complexity index is 1850. The number of fused-ring (bicyclic) bond motifs is 1. The van der Waals surface area contributed by atoms with Crippen molar-refractivity contribution >= 4 is 67.5 Å². The van der Waals surface area contributed by atoms with Gasteiger partial charge in [0, 0.05) is 47.2 Å². The van der Waals surface area contributed by atoms with Crippen LogP contribution < -0.4 is 9.62 Å². The number of hydrogen-bond donors (Lipinski definition) is 1. The van der Waals surface area contributed by atoms with E-state index in [1.165, 1.54) is 23.1 Å². The predicted octanol–water partition coefficient (Wildman–Crippen LogP) is 6.32. The van der Waals surface area contributed by atoms with Gasteiger partial charge >= 0.3 is 5.97 Å². The van der Waals surface area contributed by atoms with E-state index in [9.17, 15) is 22.8 Å². The molecule has 1 N–H and O–H groups in total. The zero-order chi connectivity index (χ0) is 33.1. The summed E-state index contributed by atoms with van der Waals surface area (Å²) in [6.07, 6.45) is 0. The number of nitrogens with one attached hydrogen (secondary N) is 1. The minimum atomic E-state index is -4.40. The molecule has 0 fully saturated rings. The maximum Gasteiger partial charge on any atom is 0.327 e. The first-order chi connectivity index (χ1) is 21.1. The molecule has 0 aliphatic rings. The summed E-state index contributed by atoms with van der Waals surface area (Å²) in [4.78, 5) is 39.9. The Hall–Kier alpha value is -4.12. The van der Waals surface area contributed by atoms with Gasteiger partial charge in [-0.2, -0.15) is 0 Å². The second kappa shape index (κ2) is 13.5. The number of carbonyl (C=O) groups excluding carboxylic acids is 3. The van der Waals surface area contributed by atoms with E-state index in [0.717, 1.165) is 9.87 Å². The summed E-state index contributed by atoms with van der Waals surface area (Å²) in [6, 6.07) is 20.6. The molecule has 0 aromatic heterocycles. The molecule has 9 nitrogen and oxygen atoms in total. The lowest BCUT2D eigenvalue weighted by atomic mass is 10.0. The van der Waals surface area contributed by atoms with Crippen LogP contribution in [0.25, 0.3) is 10.8 Å². The molecule has 0 unspecified atom stereocenters. The SMILES string of the molecule is CN(C)C(=O)c1ccc(CNC(=O)c2cccc3c(N(CC(=O)OC(C)(C)C)S(=O)(=O)c4cc(Cl)cc(Cl)c4)cccc23)cc1. The Balaban J connectivity index is 1.71. The van der Waals surface area contributed by atoms with Crippen LogP contribution in [-0.2, 0) is 26.1 Å². The minimum absolute atomic E-state index is 0.106. The number of carbonyl (C=O) groups is 3. The minimum Gasteiger partial charge on any atom is -0.459 e. The molecule has 0 heterocycles. The van der Waals surface area contributed by atoms with Crippen LogP contribution in [0.3, 0.4) is 0 Å². The number of ether oxygens (including phenoxy) is 1. The summed E-state index contributed by atoms with van der Waals surface area (Å²) in [5, 5.41) is 3.98. The average molecular weight is 671 g/mol. The van der Waals surface area contributed by atoms with Gasteiger partial charge in [0.1, 0.15) is 12.1 Å². The van der Waals surface area contributed by atoms with E-state index < -0.39 is 34.0 Å². The van der Waals surface area contributed by atoms with Gasteiger partial charge in [-0.1, -0.05) is 59.6 Å². The fraction of sp³-hybridized carbons (Fsp3) is 0.242. The summed E-state index contributed by atoms with van der Waals surface area (Å²) >= 11 is 12.3. The topological polar surface area (TPSA) is 113 Å². The van der Waals surface area contributed by atoms with Crippen molar-refractivity contribution in [1.82, 2.24) is 10.2 Å². The number of nitrogens with zero attached hydrogens (tertiary/aromatic N) is 2. The van der Waals surface area contributed by atoms with E-state index in [4.69, 9.17) is 27.9 Å². The van der Waals surface area contributed by atoms with E-state index >= 15 is 0 Å². The van der Waals surface area contributed by atoms with Crippen molar-refractivity contribution in [2.75, 3.05) is 24.9 Å². The highest BCUT2D eigenvalue weighted by Gasteiger charge is 2.31. The molecule has 0 saturated carbocycles. The Morgan fingerprint density at radius 3 is 2.04 bits per heavy atom. The number of rotatable bonds is 9. The summed E-state index contributed by atoms with van der Waals surface area (Å²) in [6.45, 7) is 4.59. The lowest BCUT2D eigenvalue weighted by Crippen LogP contribution is -2.39. The maximum absolute atomic E-state index is 14.1. The quantitative estimate of drug-likeness (QED) is 0.209. The highest BCUT2D eigenvalue weighted by atomic mass is 35.5. The highest BCUT2D eigenvalue weighted by Crippen LogP contribution is 2.34. The molecule has 12 heteroatoms. The van der Waals surface area contributed by atoms with Crippen molar-refractivity contribution in [2.24, 2.45) is 0 Å². The van der Waals surface area contributed by atoms with Gasteiger partial charge in [-0.05, 0) is 74.2 Å². The maximum atomic E-state index is 14.1. The van der Waals surface area contributed by atoms with Gasteiger partial charge in [0.05, 0.1) is 10.6 Å². The zero-order valence-corrected chi connectivity index (χ0v) is 27.8. The first kappa shape index (κ1) is 33.8. The fourth-order valence-electron chi connectivity index (χ4n) is 4.61. The van der Waals surface area contributed by atoms with E-state index in [-0.39, 0.29) is 33.1 Å². The third-order valence-corrected chi connectivity index (χ3v) is 8.76. The number of hydrogen-bond acceptors (Lipinski definition) is 6. The lowest BCUT2D eigenvalue weighted by Gasteiger charge is -2.27. The average Bonchev–Trinajstić information content (AvgIpc) is 2.96. The number of benzene rings is 4. The van der Waals surface area contributed by atoms with Crippen LogP contribution >= 0.6 is 23.2 Å². The Kier molecular flexibility index (Phi) is 10.1. The second-order valence-corrected chi connectivity index (χ2v) is 14.2. The Labute approximate surface area is 272 Å². The molecule has 0 aliphatic carbocycles. The molecule has 236 valence electrons. The van der Waals surface area contributed by atoms with E-state index in [2.05, 4.69) is 5.32 Å². The number of sulfonamides is 1. The number of amides is 2. The van der Waals surface area contributed by atoms with Crippen LogP contribution in [0, 0.1) is 0 Å². The number of esters is 1. The van der Waals surface area contributed by atoms with Crippen LogP contribution in [0.2, 0.25) is 10.0 Å².